The van der Waals surface area contributed by atoms with E-state index in [-0.39, 0.29) is 23.8 Å². The van der Waals surface area contributed by atoms with Crippen molar-refractivity contribution < 1.29 is 13.6 Å². The number of Topliss-reactive ketones (excluding diaryl/α,β-unsaturated/α-hetero) is 1. The van der Waals surface area contributed by atoms with E-state index in [4.69, 9.17) is 0 Å². The number of ketones is 1. The van der Waals surface area contributed by atoms with Gasteiger partial charge in [-0.05, 0) is 57.9 Å². The molecule has 0 heterocycles. The van der Waals surface area contributed by atoms with Crippen LogP contribution in [0.5, 0.6) is 0 Å². The molecule has 0 N–H and O–H groups in total. The number of rotatable bonds is 5. The molecular formula is C15H11BrF2OS. The fourth-order valence-electron chi connectivity index (χ4n) is 1.62. The standard InChI is InChI=1S/C15H11BrF2OS/c16-14-8-10(1-6-15(14)18)7-12(19)9-20-13-4-2-11(17)3-5-13/h1-6,8H,7,9H2. The Morgan fingerprint density at radius 3 is 2.45 bits per heavy atom. The first-order valence-electron chi connectivity index (χ1n) is 5.88. The fourth-order valence-corrected chi connectivity index (χ4v) is 2.81. The highest BCUT2D eigenvalue weighted by atomic mass is 79.9. The van der Waals surface area contributed by atoms with Gasteiger partial charge in [0.1, 0.15) is 17.4 Å². The first-order valence-corrected chi connectivity index (χ1v) is 7.66. The Morgan fingerprint density at radius 2 is 1.80 bits per heavy atom. The van der Waals surface area contributed by atoms with Crippen LogP contribution in [0, 0.1) is 11.6 Å². The van der Waals surface area contributed by atoms with Crippen molar-refractivity contribution in [3.8, 4) is 0 Å². The second-order valence-electron chi connectivity index (χ2n) is 4.21. The first-order chi connectivity index (χ1) is 9.54. The van der Waals surface area contributed by atoms with Crippen LogP contribution in [0.3, 0.4) is 0 Å². The molecule has 0 bridgehead atoms. The summed E-state index contributed by atoms with van der Waals surface area (Å²) in [5.41, 5.74) is 0.767. The lowest BCUT2D eigenvalue weighted by atomic mass is 10.1. The maximum atomic E-state index is 13.1. The largest absolute Gasteiger partial charge is 0.298 e. The van der Waals surface area contributed by atoms with Crippen molar-refractivity contribution in [2.24, 2.45) is 0 Å². The van der Waals surface area contributed by atoms with Crippen LogP contribution in [0.1, 0.15) is 5.56 Å². The third kappa shape index (κ3) is 4.42. The van der Waals surface area contributed by atoms with Gasteiger partial charge >= 0.3 is 0 Å². The molecule has 0 spiro atoms. The summed E-state index contributed by atoms with van der Waals surface area (Å²) < 4.78 is 26.2. The van der Waals surface area contributed by atoms with Crippen LogP contribution in [-0.2, 0) is 11.2 Å². The van der Waals surface area contributed by atoms with Crippen LogP contribution in [0.15, 0.2) is 51.8 Å². The molecule has 0 aliphatic carbocycles. The lowest BCUT2D eigenvalue weighted by Crippen LogP contribution is -2.05. The maximum Gasteiger partial charge on any atom is 0.147 e. The van der Waals surface area contributed by atoms with E-state index in [1.165, 1.54) is 30.0 Å². The van der Waals surface area contributed by atoms with Gasteiger partial charge in [-0.3, -0.25) is 4.79 Å². The molecule has 2 aromatic rings. The molecule has 0 radical (unpaired) electrons. The molecule has 0 atom stereocenters. The molecule has 5 heteroatoms. The van der Waals surface area contributed by atoms with E-state index >= 15 is 0 Å². The molecule has 1 nitrogen and oxygen atoms in total. The average molecular weight is 357 g/mol. The number of hydrogen-bond acceptors (Lipinski definition) is 2. The molecule has 2 aromatic carbocycles. The van der Waals surface area contributed by atoms with Gasteiger partial charge in [0.15, 0.2) is 0 Å². The predicted molar refractivity (Wildman–Crippen MR) is 79.9 cm³/mol. The van der Waals surface area contributed by atoms with Gasteiger partial charge in [0.2, 0.25) is 0 Å². The van der Waals surface area contributed by atoms with Crippen LogP contribution in [0.4, 0.5) is 8.78 Å². The fraction of sp³-hybridized carbons (Fsp3) is 0.133. The third-order valence-electron chi connectivity index (χ3n) is 2.60. The molecule has 0 fully saturated rings. The van der Waals surface area contributed by atoms with Crippen LogP contribution < -0.4 is 0 Å². The van der Waals surface area contributed by atoms with Crippen molar-refractivity contribution in [2.45, 2.75) is 11.3 Å². The van der Waals surface area contributed by atoms with Gasteiger partial charge in [0.05, 0.1) is 10.2 Å². The number of halogens is 3. The molecule has 0 saturated heterocycles. The summed E-state index contributed by atoms with van der Waals surface area (Å²) in [4.78, 5) is 12.7. The van der Waals surface area contributed by atoms with Gasteiger partial charge < -0.3 is 0 Å². The number of hydrogen-bond donors (Lipinski definition) is 0. The Morgan fingerprint density at radius 1 is 1.10 bits per heavy atom. The summed E-state index contributed by atoms with van der Waals surface area (Å²) in [7, 11) is 0. The SMILES string of the molecule is O=C(CSc1ccc(F)cc1)Cc1ccc(F)c(Br)c1. The number of carbonyl (C=O) groups is 1. The molecular weight excluding hydrogens is 346 g/mol. The molecule has 0 aliphatic heterocycles. The topological polar surface area (TPSA) is 17.1 Å². The average Bonchev–Trinajstić information content (AvgIpc) is 2.42. The van der Waals surface area contributed by atoms with Gasteiger partial charge in [-0.25, -0.2) is 8.78 Å². The van der Waals surface area contributed by atoms with E-state index in [2.05, 4.69) is 15.9 Å². The number of benzene rings is 2. The van der Waals surface area contributed by atoms with Gasteiger partial charge in [0.25, 0.3) is 0 Å². The van der Waals surface area contributed by atoms with Crippen molar-refractivity contribution in [2.75, 3.05) is 5.75 Å². The van der Waals surface area contributed by atoms with Crippen molar-refractivity contribution in [3.63, 3.8) is 0 Å². The second-order valence-corrected chi connectivity index (χ2v) is 6.11. The second kappa shape index (κ2) is 6.99. The minimum absolute atomic E-state index is 0.0397. The Balaban J connectivity index is 1.89. The van der Waals surface area contributed by atoms with Crippen molar-refractivity contribution in [1.29, 1.82) is 0 Å². The monoisotopic (exact) mass is 356 g/mol. The summed E-state index contributed by atoms with van der Waals surface area (Å²) in [6, 6.07) is 10.5. The van der Waals surface area contributed by atoms with E-state index in [1.54, 1.807) is 24.3 Å². The summed E-state index contributed by atoms with van der Waals surface area (Å²) in [6.45, 7) is 0. The third-order valence-corrected chi connectivity index (χ3v) is 4.28. The molecule has 0 amide bonds. The lowest BCUT2D eigenvalue weighted by Gasteiger charge is -2.03. The van der Waals surface area contributed by atoms with Gasteiger partial charge in [-0.2, -0.15) is 0 Å². The van der Waals surface area contributed by atoms with Gasteiger partial charge in [-0.15, -0.1) is 11.8 Å². The van der Waals surface area contributed by atoms with Crippen molar-refractivity contribution in [1.82, 2.24) is 0 Å². The summed E-state index contributed by atoms with van der Waals surface area (Å²) in [5, 5.41) is 0. The Bertz CT molecular complexity index is 614. The number of thioether (sulfide) groups is 1. The maximum absolute atomic E-state index is 13.1. The zero-order valence-electron chi connectivity index (χ0n) is 10.4. The highest BCUT2D eigenvalue weighted by Gasteiger charge is 2.07. The van der Waals surface area contributed by atoms with E-state index in [1.807, 2.05) is 0 Å². The highest BCUT2D eigenvalue weighted by Crippen LogP contribution is 2.20. The van der Waals surface area contributed by atoms with Crippen LogP contribution in [-0.4, -0.2) is 11.5 Å². The van der Waals surface area contributed by atoms with Gasteiger partial charge in [-0.1, -0.05) is 6.07 Å². The first kappa shape index (κ1) is 15.2. The van der Waals surface area contributed by atoms with Gasteiger partial charge in [0, 0.05) is 11.3 Å². The van der Waals surface area contributed by atoms with Crippen molar-refractivity contribution >= 4 is 33.5 Å². The minimum Gasteiger partial charge on any atom is -0.298 e. The summed E-state index contributed by atoms with van der Waals surface area (Å²) >= 11 is 4.45. The highest BCUT2D eigenvalue weighted by molar-refractivity contribution is 9.10. The molecule has 0 aliphatic rings. The number of carbonyl (C=O) groups excluding carboxylic acids is 1. The van der Waals surface area contributed by atoms with Crippen LogP contribution in [0.2, 0.25) is 0 Å². The molecule has 2 rings (SSSR count). The zero-order valence-corrected chi connectivity index (χ0v) is 12.8. The van der Waals surface area contributed by atoms with Crippen LogP contribution in [0.25, 0.3) is 0 Å². The normalized spacial score (nSPS) is 10.6. The smallest absolute Gasteiger partial charge is 0.147 e. The van der Waals surface area contributed by atoms with E-state index in [0.29, 0.717) is 10.2 Å². The summed E-state index contributed by atoms with van der Waals surface area (Å²) in [5.74, 6) is -0.294. The molecule has 0 saturated carbocycles. The molecule has 0 unspecified atom stereocenters. The molecule has 20 heavy (non-hydrogen) atoms. The van der Waals surface area contributed by atoms with E-state index < -0.39 is 0 Å². The van der Waals surface area contributed by atoms with E-state index in [0.717, 1.165) is 10.5 Å². The Kier molecular flexibility index (Phi) is 5.31. The molecule has 0 aromatic heterocycles. The lowest BCUT2D eigenvalue weighted by molar-refractivity contribution is -0.116. The zero-order chi connectivity index (χ0) is 14.5. The van der Waals surface area contributed by atoms with Crippen LogP contribution >= 0.6 is 27.7 Å². The van der Waals surface area contributed by atoms with Crippen molar-refractivity contribution in [3.05, 3.63) is 64.1 Å². The summed E-state index contributed by atoms with van der Waals surface area (Å²) in [6.07, 6.45) is 0.257. The Hall–Kier alpha value is -1.20. The minimum atomic E-state index is -0.345. The molecule has 104 valence electrons. The van der Waals surface area contributed by atoms with E-state index in [9.17, 15) is 13.6 Å². The quantitative estimate of drug-likeness (QED) is 0.726. The predicted octanol–water partition coefficient (Wildman–Crippen LogP) is 4.63. The Labute approximate surface area is 128 Å².